The minimum Gasteiger partial charge on any atom is -0.491 e. The van der Waals surface area contributed by atoms with Gasteiger partial charge in [0, 0.05) is 0 Å². The minimum atomic E-state index is 0.173. The summed E-state index contributed by atoms with van der Waals surface area (Å²) in [5, 5.41) is 8.75. The molecular formula is C22H24N2O4. The Morgan fingerprint density at radius 1 is 0.857 bits per heavy atom. The van der Waals surface area contributed by atoms with Crippen molar-refractivity contribution < 1.29 is 18.9 Å². The molecule has 1 atom stereocenters. The predicted molar refractivity (Wildman–Crippen MR) is 108 cm³/mol. The van der Waals surface area contributed by atoms with Crippen LogP contribution in [-0.2, 0) is 9.47 Å². The van der Waals surface area contributed by atoms with Crippen LogP contribution in [0, 0.1) is 0 Å². The molecule has 2 aliphatic rings. The molecule has 0 N–H and O–H groups in total. The van der Waals surface area contributed by atoms with Gasteiger partial charge in [0.15, 0.2) is 0 Å². The summed E-state index contributed by atoms with van der Waals surface area (Å²) in [6.07, 6.45) is 0.430. The third-order valence-corrected chi connectivity index (χ3v) is 4.64. The highest BCUT2D eigenvalue weighted by Crippen LogP contribution is 2.18. The zero-order valence-electron chi connectivity index (χ0n) is 16.1. The van der Waals surface area contributed by atoms with Crippen LogP contribution in [0.15, 0.2) is 58.7 Å². The number of epoxide rings is 1. The fraction of sp³-hybridized carbons (Fsp3) is 0.364. The fourth-order valence-corrected chi connectivity index (χ4v) is 2.66. The molecule has 2 fully saturated rings. The van der Waals surface area contributed by atoms with E-state index in [9.17, 15) is 0 Å². The van der Waals surface area contributed by atoms with Gasteiger partial charge in [-0.05, 0) is 73.5 Å². The first-order chi connectivity index (χ1) is 13.7. The number of rotatable bonds is 8. The molecule has 2 saturated heterocycles. The van der Waals surface area contributed by atoms with Gasteiger partial charge in [-0.15, -0.1) is 0 Å². The Balaban J connectivity index is 1.35. The van der Waals surface area contributed by atoms with Crippen LogP contribution in [0.5, 0.6) is 11.5 Å². The minimum absolute atomic E-state index is 0.173. The first-order valence-electron chi connectivity index (χ1n) is 9.46. The third-order valence-electron chi connectivity index (χ3n) is 4.64. The molecule has 0 saturated carbocycles. The van der Waals surface area contributed by atoms with Gasteiger partial charge in [-0.1, -0.05) is 0 Å². The molecule has 0 aromatic heterocycles. The van der Waals surface area contributed by atoms with Crippen LogP contribution in [0.1, 0.15) is 25.0 Å². The SMILES string of the molecule is C/C(=N\N=C(/C)c1ccc(OC2COC2)cc1)c1ccc(OCC2CO2)cc1. The number of benzene rings is 2. The van der Waals surface area contributed by atoms with E-state index in [1.54, 1.807) is 0 Å². The van der Waals surface area contributed by atoms with Crippen LogP contribution in [0.2, 0.25) is 0 Å². The highest BCUT2D eigenvalue weighted by atomic mass is 16.6. The van der Waals surface area contributed by atoms with Crippen LogP contribution >= 0.6 is 0 Å². The Morgan fingerprint density at radius 3 is 1.86 bits per heavy atom. The summed E-state index contributed by atoms with van der Waals surface area (Å²) in [6, 6.07) is 15.8. The molecule has 2 aliphatic heterocycles. The van der Waals surface area contributed by atoms with Crippen molar-refractivity contribution in [3.63, 3.8) is 0 Å². The summed E-state index contributed by atoms with van der Waals surface area (Å²) in [5.74, 6) is 1.68. The molecule has 2 heterocycles. The van der Waals surface area contributed by atoms with E-state index >= 15 is 0 Å². The van der Waals surface area contributed by atoms with Crippen molar-refractivity contribution in [1.29, 1.82) is 0 Å². The summed E-state index contributed by atoms with van der Waals surface area (Å²) in [6.45, 7) is 6.63. The van der Waals surface area contributed by atoms with E-state index in [0.717, 1.165) is 40.7 Å². The second-order valence-electron chi connectivity index (χ2n) is 6.96. The molecular weight excluding hydrogens is 356 g/mol. The van der Waals surface area contributed by atoms with E-state index in [-0.39, 0.29) is 12.2 Å². The molecule has 4 rings (SSSR count). The van der Waals surface area contributed by atoms with Gasteiger partial charge in [0.2, 0.25) is 0 Å². The van der Waals surface area contributed by atoms with E-state index in [4.69, 9.17) is 18.9 Å². The third kappa shape index (κ3) is 4.97. The lowest BCUT2D eigenvalue weighted by atomic mass is 10.1. The van der Waals surface area contributed by atoms with Gasteiger partial charge in [0.1, 0.15) is 30.3 Å². The predicted octanol–water partition coefficient (Wildman–Crippen LogP) is 3.48. The molecule has 1 unspecified atom stereocenters. The van der Waals surface area contributed by atoms with Crippen molar-refractivity contribution in [2.24, 2.45) is 10.2 Å². The van der Waals surface area contributed by atoms with Crippen LogP contribution in [-0.4, -0.2) is 50.1 Å². The Hall–Kier alpha value is -2.70. The lowest BCUT2D eigenvalue weighted by molar-refractivity contribution is -0.0796. The van der Waals surface area contributed by atoms with E-state index in [1.807, 2.05) is 62.4 Å². The molecule has 0 radical (unpaired) electrons. The van der Waals surface area contributed by atoms with Crippen molar-refractivity contribution in [2.75, 3.05) is 26.4 Å². The lowest BCUT2D eigenvalue weighted by Crippen LogP contribution is -2.38. The number of nitrogens with zero attached hydrogens (tertiary/aromatic N) is 2. The summed E-state index contributed by atoms with van der Waals surface area (Å²) in [4.78, 5) is 0. The zero-order valence-corrected chi connectivity index (χ0v) is 16.1. The second-order valence-corrected chi connectivity index (χ2v) is 6.96. The summed E-state index contributed by atoms with van der Waals surface area (Å²) in [7, 11) is 0. The Bertz CT molecular complexity index is 851. The Labute approximate surface area is 164 Å². The number of hydrogen-bond acceptors (Lipinski definition) is 6. The van der Waals surface area contributed by atoms with Crippen molar-refractivity contribution >= 4 is 11.4 Å². The van der Waals surface area contributed by atoms with Gasteiger partial charge in [-0.2, -0.15) is 10.2 Å². The maximum atomic E-state index is 5.77. The normalized spacial score (nSPS) is 19.9. The quantitative estimate of drug-likeness (QED) is 0.400. The number of hydrogen-bond donors (Lipinski definition) is 0. The van der Waals surface area contributed by atoms with Crippen LogP contribution in [0.4, 0.5) is 0 Å². The summed E-state index contributed by atoms with van der Waals surface area (Å²) in [5.41, 5.74) is 3.72. The Morgan fingerprint density at radius 2 is 1.39 bits per heavy atom. The maximum Gasteiger partial charge on any atom is 0.145 e. The van der Waals surface area contributed by atoms with Gasteiger partial charge in [-0.25, -0.2) is 0 Å². The highest BCUT2D eigenvalue weighted by Gasteiger charge is 2.23. The Kier molecular flexibility index (Phi) is 5.69. The van der Waals surface area contributed by atoms with Crippen molar-refractivity contribution in [3.05, 3.63) is 59.7 Å². The topological polar surface area (TPSA) is 64.9 Å². The molecule has 0 aliphatic carbocycles. The van der Waals surface area contributed by atoms with Gasteiger partial charge in [0.05, 0.1) is 31.2 Å². The van der Waals surface area contributed by atoms with E-state index < -0.39 is 0 Å². The summed E-state index contributed by atoms with van der Waals surface area (Å²) >= 11 is 0. The van der Waals surface area contributed by atoms with Gasteiger partial charge >= 0.3 is 0 Å². The van der Waals surface area contributed by atoms with Crippen LogP contribution < -0.4 is 9.47 Å². The van der Waals surface area contributed by atoms with E-state index in [0.29, 0.717) is 19.8 Å². The molecule has 28 heavy (non-hydrogen) atoms. The summed E-state index contributed by atoms with van der Waals surface area (Å²) < 4.78 is 21.7. The lowest BCUT2D eigenvalue weighted by Gasteiger charge is -2.26. The molecule has 146 valence electrons. The van der Waals surface area contributed by atoms with Crippen LogP contribution in [0.25, 0.3) is 0 Å². The molecule has 6 heteroatoms. The van der Waals surface area contributed by atoms with E-state index in [2.05, 4.69) is 10.2 Å². The first kappa shape index (κ1) is 18.7. The largest absolute Gasteiger partial charge is 0.491 e. The molecule has 2 aromatic carbocycles. The van der Waals surface area contributed by atoms with Gasteiger partial charge in [0.25, 0.3) is 0 Å². The molecule has 6 nitrogen and oxygen atoms in total. The average Bonchev–Trinajstić information content (AvgIpc) is 3.52. The first-order valence-corrected chi connectivity index (χ1v) is 9.46. The molecule has 2 aromatic rings. The molecule has 0 amide bonds. The van der Waals surface area contributed by atoms with Gasteiger partial charge in [-0.3, -0.25) is 0 Å². The van der Waals surface area contributed by atoms with Gasteiger partial charge < -0.3 is 18.9 Å². The monoisotopic (exact) mass is 380 g/mol. The smallest absolute Gasteiger partial charge is 0.145 e. The van der Waals surface area contributed by atoms with Crippen LogP contribution in [0.3, 0.4) is 0 Å². The number of ether oxygens (including phenoxy) is 4. The molecule has 0 bridgehead atoms. The maximum absolute atomic E-state index is 5.77. The highest BCUT2D eigenvalue weighted by molar-refractivity contribution is 6.01. The van der Waals surface area contributed by atoms with E-state index in [1.165, 1.54) is 0 Å². The van der Waals surface area contributed by atoms with Crippen molar-refractivity contribution in [2.45, 2.75) is 26.1 Å². The zero-order chi connectivity index (χ0) is 19.3. The van der Waals surface area contributed by atoms with Crippen molar-refractivity contribution in [3.8, 4) is 11.5 Å². The average molecular weight is 380 g/mol. The second kappa shape index (κ2) is 8.54. The van der Waals surface area contributed by atoms with Crippen molar-refractivity contribution in [1.82, 2.24) is 0 Å². The fourth-order valence-electron chi connectivity index (χ4n) is 2.66. The standard InChI is InChI=1S/C22H24N2O4/c1-15(17-3-7-19(8-4-17)26-13-21-14-27-21)23-24-16(2)18-5-9-20(10-6-18)28-22-11-25-12-22/h3-10,21-22H,11-14H2,1-2H3/b23-15+,24-16+. The molecule has 0 spiro atoms.